The van der Waals surface area contributed by atoms with Gasteiger partial charge < -0.3 is 9.64 Å². The zero-order valence-electron chi connectivity index (χ0n) is 19.4. The van der Waals surface area contributed by atoms with Crippen molar-refractivity contribution in [3.05, 3.63) is 35.4 Å². The second-order valence-electron chi connectivity index (χ2n) is 9.98. The minimum Gasteiger partial charge on any atom is -0.376 e. The van der Waals surface area contributed by atoms with Crippen LogP contribution in [0.3, 0.4) is 0 Å². The molecule has 0 saturated carbocycles. The van der Waals surface area contributed by atoms with Crippen molar-refractivity contribution in [2.24, 2.45) is 5.92 Å². The van der Waals surface area contributed by atoms with E-state index in [1.165, 1.54) is 17.5 Å². The summed E-state index contributed by atoms with van der Waals surface area (Å²) in [7, 11) is -3.03. The lowest BCUT2D eigenvalue weighted by Crippen LogP contribution is -2.50. The number of carbonyl (C=O) groups excluding carboxylic acids is 1. The minimum absolute atomic E-state index is 0.0507. The molecule has 32 heavy (non-hydrogen) atoms. The summed E-state index contributed by atoms with van der Waals surface area (Å²) in [5.41, 5.74) is 2.71. The molecular weight excluding hydrogens is 424 g/mol. The van der Waals surface area contributed by atoms with E-state index in [4.69, 9.17) is 4.74 Å². The fraction of sp³-hybridized carbons (Fsp3) is 0.720. The summed E-state index contributed by atoms with van der Waals surface area (Å²) in [6, 6.07) is 8.64. The second-order valence-corrected chi connectivity index (χ2v) is 12.2. The maximum absolute atomic E-state index is 13.3. The van der Waals surface area contributed by atoms with Crippen LogP contribution in [0, 0.1) is 12.8 Å². The molecule has 3 heterocycles. The third-order valence-electron chi connectivity index (χ3n) is 7.42. The predicted molar refractivity (Wildman–Crippen MR) is 126 cm³/mol. The zero-order valence-corrected chi connectivity index (χ0v) is 20.2. The third kappa shape index (κ3) is 6.55. The summed E-state index contributed by atoms with van der Waals surface area (Å²) in [5, 5.41) is 0. The predicted octanol–water partition coefficient (Wildman–Crippen LogP) is 2.83. The molecule has 1 aromatic rings. The standard InChI is InChI=1S/C25H38N2O4S/c1-20-4-6-21(7-5-20)8-9-22-10-13-26(14-11-22)18-25(28)27(17-24-3-2-15-31-24)23-12-16-32(29,30)19-23/h4-7,22-24H,2-3,8-19H2,1H3. The summed E-state index contributed by atoms with van der Waals surface area (Å²) in [5.74, 6) is 1.08. The van der Waals surface area contributed by atoms with E-state index in [-0.39, 0.29) is 29.6 Å². The molecule has 1 aromatic carbocycles. The first-order chi connectivity index (χ1) is 15.4. The summed E-state index contributed by atoms with van der Waals surface area (Å²) in [6.45, 7) is 5.68. The van der Waals surface area contributed by atoms with Crippen molar-refractivity contribution < 1.29 is 17.9 Å². The van der Waals surface area contributed by atoms with Gasteiger partial charge in [-0.25, -0.2) is 8.42 Å². The summed E-state index contributed by atoms with van der Waals surface area (Å²) in [6.07, 6.45) is 7.16. The van der Waals surface area contributed by atoms with E-state index in [9.17, 15) is 13.2 Å². The van der Waals surface area contributed by atoms with Crippen LogP contribution in [-0.2, 0) is 25.8 Å². The average Bonchev–Trinajstić information content (AvgIpc) is 3.41. The Hall–Kier alpha value is -1.44. The molecule has 4 rings (SSSR count). The molecular formula is C25H38N2O4S. The molecule has 1 amide bonds. The molecule has 3 aliphatic heterocycles. The van der Waals surface area contributed by atoms with E-state index in [1.54, 1.807) is 0 Å². The van der Waals surface area contributed by atoms with Crippen LogP contribution in [0.4, 0.5) is 0 Å². The highest BCUT2D eigenvalue weighted by molar-refractivity contribution is 7.91. The van der Waals surface area contributed by atoms with E-state index in [0.717, 1.165) is 51.8 Å². The molecule has 3 saturated heterocycles. The molecule has 3 aliphatic rings. The largest absolute Gasteiger partial charge is 0.376 e. The molecule has 0 bridgehead atoms. The number of hydrogen-bond acceptors (Lipinski definition) is 5. The van der Waals surface area contributed by atoms with Gasteiger partial charge in [0.1, 0.15) is 0 Å². The van der Waals surface area contributed by atoms with Crippen molar-refractivity contribution in [1.82, 2.24) is 9.80 Å². The Morgan fingerprint density at radius 3 is 2.50 bits per heavy atom. The second kappa shape index (κ2) is 10.7. The monoisotopic (exact) mass is 462 g/mol. The van der Waals surface area contributed by atoms with Gasteiger partial charge in [-0.15, -0.1) is 0 Å². The smallest absolute Gasteiger partial charge is 0.237 e. The van der Waals surface area contributed by atoms with Crippen LogP contribution >= 0.6 is 0 Å². The van der Waals surface area contributed by atoms with Gasteiger partial charge in [0.25, 0.3) is 0 Å². The Morgan fingerprint density at radius 1 is 1.12 bits per heavy atom. The first kappa shape index (κ1) is 23.7. The Morgan fingerprint density at radius 2 is 1.88 bits per heavy atom. The van der Waals surface area contributed by atoms with Crippen LogP contribution in [0.2, 0.25) is 0 Å². The minimum atomic E-state index is -3.03. The number of amides is 1. The molecule has 0 aromatic heterocycles. The SMILES string of the molecule is Cc1ccc(CCC2CCN(CC(=O)N(CC3CCCO3)C3CCS(=O)(=O)C3)CC2)cc1. The van der Waals surface area contributed by atoms with Crippen molar-refractivity contribution in [3.8, 4) is 0 Å². The van der Waals surface area contributed by atoms with E-state index in [0.29, 0.717) is 25.4 Å². The number of sulfone groups is 1. The van der Waals surface area contributed by atoms with Crippen LogP contribution in [0.1, 0.15) is 49.7 Å². The normalized spacial score (nSPS) is 26.4. The topological polar surface area (TPSA) is 66.9 Å². The number of likely N-dealkylation sites (tertiary alicyclic amines) is 1. The fourth-order valence-corrected chi connectivity index (χ4v) is 7.06. The van der Waals surface area contributed by atoms with Gasteiger partial charge in [-0.3, -0.25) is 9.69 Å². The van der Waals surface area contributed by atoms with E-state index in [2.05, 4.69) is 36.1 Å². The molecule has 0 aliphatic carbocycles. The molecule has 2 atom stereocenters. The van der Waals surface area contributed by atoms with E-state index in [1.807, 2.05) is 4.90 Å². The van der Waals surface area contributed by atoms with E-state index >= 15 is 0 Å². The first-order valence-corrected chi connectivity index (χ1v) is 14.1. The zero-order chi connectivity index (χ0) is 22.6. The molecule has 178 valence electrons. The number of piperidine rings is 1. The van der Waals surface area contributed by atoms with E-state index < -0.39 is 9.84 Å². The van der Waals surface area contributed by atoms with Crippen molar-refractivity contribution in [1.29, 1.82) is 0 Å². The first-order valence-electron chi connectivity index (χ1n) is 12.3. The van der Waals surface area contributed by atoms with Crippen LogP contribution in [0.5, 0.6) is 0 Å². The highest BCUT2D eigenvalue weighted by atomic mass is 32.2. The van der Waals surface area contributed by atoms with Crippen LogP contribution < -0.4 is 0 Å². The summed E-state index contributed by atoms with van der Waals surface area (Å²) < 4.78 is 29.8. The van der Waals surface area contributed by atoms with Crippen molar-refractivity contribution in [3.63, 3.8) is 0 Å². The maximum atomic E-state index is 13.3. The number of ether oxygens (including phenoxy) is 1. The van der Waals surface area contributed by atoms with Crippen LogP contribution in [0.15, 0.2) is 24.3 Å². The number of benzene rings is 1. The van der Waals surface area contributed by atoms with Gasteiger partial charge >= 0.3 is 0 Å². The van der Waals surface area contributed by atoms with Crippen molar-refractivity contribution in [2.75, 3.05) is 44.3 Å². The summed E-state index contributed by atoms with van der Waals surface area (Å²) in [4.78, 5) is 17.3. The lowest BCUT2D eigenvalue weighted by Gasteiger charge is -2.35. The van der Waals surface area contributed by atoms with Crippen LogP contribution in [-0.4, -0.2) is 80.6 Å². The Labute approximate surface area is 193 Å². The van der Waals surface area contributed by atoms with Gasteiger partial charge in [-0.2, -0.15) is 0 Å². The van der Waals surface area contributed by atoms with Crippen molar-refractivity contribution in [2.45, 2.75) is 64.0 Å². The molecule has 6 nitrogen and oxygen atoms in total. The Balaban J connectivity index is 1.26. The summed E-state index contributed by atoms with van der Waals surface area (Å²) >= 11 is 0. The van der Waals surface area contributed by atoms with Gasteiger partial charge in [-0.05, 0) is 76.4 Å². The maximum Gasteiger partial charge on any atom is 0.237 e. The molecule has 3 fully saturated rings. The van der Waals surface area contributed by atoms with Gasteiger partial charge in [0.05, 0.1) is 24.2 Å². The number of hydrogen-bond donors (Lipinski definition) is 0. The highest BCUT2D eigenvalue weighted by Gasteiger charge is 2.37. The van der Waals surface area contributed by atoms with Gasteiger partial charge in [0.15, 0.2) is 9.84 Å². The fourth-order valence-electron chi connectivity index (χ4n) is 5.32. The molecule has 7 heteroatoms. The van der Waals surface area contributed by atoms with Gasteiger partial charge in [0, 0.05) is 19.2 Å². The third-order valence-corrected chi connectivity index (χ3v) is 9.17. The van der Waals surface area contributed by atoms with Gasteiger partial charge in [-0.1, -0.05) is 29.8 Å². The number of carbonyl (C=O) groups is 1. The number of rotatable bonds is 8. The lowest BCUT2D eigenvalue weighted by atomic mass is 9.90. The number of nitrogens with zero attached hydrogens (tertiary/aromatic N) is 2. The molecule has 0 radical (unpaired) electrons. The molecule has 0 spiro atoms. The average molecular weight is 463 g/mol. The Kier molecular flexibility index (Phi) is 7.90. The highest BCUT2D eigenvalue weighted by Crippen LogP contribution is 2.25. The molecule has 2 unspecified atom stereocenters. The van der Waals surface area contributed by atoms with Crippen LogP contribution in [0.25, 0.3) is 0 Å². The Bertz CT molecular complexity index is 856. The quantitative estimate of drug-likeness (QED) is 0.594. The number of aryl methyl sites for hydroxylation is 2. The van der Waals surface area contributed by atoms with Crippen molar-refractivity contribution >= 4 is 15.7 Å². The van der Waals surface area contributed by atoms with Gasteiger partial charge in [0.2, 0.25) is 5.91 Å². The lowest BCUT2D eigenvalue weighted by molar-refractivity contribution is -0.136. The molecule has 0 N–H and O–H groups in total.